The van der Waals surface area contributed by atoms with Gasteiger partial charge in [0.05, 0.1) is 29.8 Å². The fourth-order valence-corrected chi connectivity index (χ4v) is 4.62. The van der Waals surface area contributed by atoms with Crippen molar-refractivity contribution >= 4 is 27.6 Å². The number of anilines is 1. The first-order valence-corrected chi connectivity index (χ1v) is 10.0. The summed E-state index contributed by atoms with van der Waals surface area (Å²) in [5.41, 5.74) is 2.66. The lowest BCUT2D eigenvalue weighted by Gasteiger charge is -2.20. The number of aryl methyl sites for hydroxylation is 3. The van der Waals surface area contributed by atoms with Gasteiger partial charge in [0.1, 0.15) is 0 Å². The number of hydrogen-bond acceptors (Lipinski definition) is 5. The molecule has 0 radical (unpaired) electrons. The molecule has 8 heteroatoms. The molecule has 0 fully saturated rings. The minimum atomic E-state index is -3.85. The summed E-state index contributed by atoms with van der Waals surface area (Å²) in [5, 5.41) is 2.57. The van der Waals surface area contributed by atoms with Crippen molar-refractivity contribution in [2.24, 2.45) is 0 Å². The molecular formula is C20H24N2O5S. The second-order valence-electron chi connectivity index (χ2n) is 6.57. The fourth-order valence-electron chi connectivity index (χ4n) is 3.09. The van der Waals surface area contributed by atoms with E-state index < -0.39 is 28.4 Å². The number of amides is 1. The normalized spacial score (nSPS) is 11.4. The summed E-state index contributed by atoms with van der Waals surface area (Å²) in [6, 6.07) is 9.94. The predicted octanol–water partition coefficient (Wildman–Crippen LogP) is 2.66. The number of sulfonamides is 1. The molecule has 0 spiro atoms. The fraction of sp³-hybridized carbons (Fsp3) is 0.300. The maximum Gasteiger partial charge on any atom is 0.339 e. The Morgan fingerprint density at radius 3 is 2.21 bits per heavy atom. The number of para-hydroxylation sites is 1. The molecule has 150 valence electrons. The lowest BCUT2D eigenvalue weighted by molar-refractivity contribution is -0.116. The van der Waals surface area contributed by atoms with E-state index in [0.717, 1.165) is 9.87 Å². The average Bonchev–Trinajstić information content (AvgIpc) is 2.60. The Hall–Kier alpha value is -2.71. The van der Waals surface area contributed by atoms with Gasteiger partial charge in [-0.05, 0) is 44.0 Å². The van der Waals surface area contributed by atoms with Crippen molar-refractivity contribution in [1.29, 1.82) is 0 Å². The first kappa shape index (κ1) is 21.6. The van der Waals surface area contributed by atoms with Gasteiger partial charge >= 0.3 is 5.97 Å². The maximum absolute atomic E-state index is 13.0. The first-order chi connectivity index (χ1) is 13.1. The summed E-state index contributed by atoms with van der Waals surface area (Å²) in [7, 11) is -1.26. The average molecular weight is 404 g/mol. The number of rotatable bonds is 6. The van der Waals surface area contributed by atoms with E-state index in [0.29, 0.717) is 11.1 Å². The van der Waals surface area contributed by atoms with E-state index in [1.54, 1.807) is 44.2 Å². The summed E-state index contributed by atoms with van der Waals surface area (Å²) in [6.45, 7) is 4.96. The van der Waals surface area contributed by atoms with Crippen LogP contribution >= 0.6 is 0 Å². The second-order valence-corrected chi connectivity index (χ2v) is 8.56. The van der Waals surface area contributed by atoms with Crippen LogP contribution in [-0.4, -0.2) is 45.3 Å². The molecule has 0 aliphatic rings. The van der Waals surface area contributed by atoms with Crippen LogP contribution in [0.2, 0.25) is 0 Å². The molecule has 0 atom stereocenters. The highest BCUT2D eigenvalue weighted by molar-refractivity contribution is 7.89. The van der Waals surface area contributed by atoms with E-state index in [-0.39, 0.29) is 16.1 Å². The van der Waals surface area contributed by atoms with Crippen LogP contribution in [0.5, 0.6) is 0 Å². The molecule has 0 heterocycles. The first-order valence-electron chi connectivity index (χ1n) is 8.59. The van der Waals surface area contributed by atoms with Crippen molar-refractivity contribution in [3.8, 4) is 0 Å². The zero-order valence-electron chi connectivity index (χ0n) is 16.6. The Balaban J connectivity index is 2.23. The lowest BCUT2D eigenvalue weighted by Crippen LogP contribution is -2.35. The van der Waals surface area contributed by atoms with Crippen LogP contribution in [0.1, 0.15) is 27.0 Å². The SMILES string of the molecule is COC(=O)c1ccccc1NC(=O)CN(C)S(=O)(=O)c1c(C)cc(C)cc1C. The highest BCUT2D eigenvalue weighted by Gasteiger charge is 2.27. The summed E-state index contributed by atoms with van der Waals surface area (Å²) in [6.07, 6.45) is 0. The van der Waals surface area contributed by atoms with Gasteiger partial charge in [-0.15, -0.1) is 0 Å². The third-order valence-corrected chi connectivity index (χ3v) is 6.36. The van der Waals surface area contributed by atoms with Gasteiger partial charge in [-0.1, -0.05) is 29.8 Å². The van der Waals surface area contributed by atoms with E-state index in [2.05, 4.69) is 5.32 Å². The van der Waals surface area contributed by atoms with Gasteiger partial charge < -0.3 is 10.1 Å². The highest BCUT2D eigenvalue weighted by Crippen LogP contribution is 2.24. The third-order valence-electron chi connectivity index (χ3n) is 4.25. The summed E-state index contributed by atoms with van der Waals surface area (Å²) >= 11 is 0. The molecule has 0 unspecified atom stereocenters. The molecule has 2 aromatic carbocycles. The van der Waals surface area contributed by atoms with Crippen molar-refractivity contribution in [3.05, 3.63) is 58.7 Å². The number of nitrogens with zero attached hydrogens (tertiary/aromatic N) is 1. The van der Waals surface area contributed by atoms with Gasteiger partial charge in [0.2, 0.25) is 15.9 Å². The lowest BCUT2D eigenvalue weighted by atomic mass is 10.1. The largest absolute Gasteiger partial charge is 0.465 e. The van der Waals surface area contributed by atoms with Crippen LogP contribution in [-0.2, 0) is 19.6 Å². The van der Waals surface area contributed by atoms with Crippen LogP contribution in [0.25, 0.3) is 0 Å². The number of likely N-dealkylation sites (N-methyl/N-ethyl adjacent to an activating group) is 1. The number of methoxy groups -OCH3 is 1. The van der Waals surface area contributed by atoms with Crippen molar-refractivity contribution < 1.29 is 22.7 Å². The quantitative estimate of drug-likeness (QED) is 0.747. The number of carbonyl (C=O) groups excluding carboxylic acids is 2. The van der Waals surface area contributed by atoms with Crippen LogP contribution in [0.15, 0.2) is 41.3 Å². The smallest absolute Gasteiger partial charge is 0.339 e. The van der Waals surface area contributed by atoms with Gasteiger partial charge in [-0.25, -0.2) is 13.2 Å². The van der Waals surface area contributed by atoms with Crippen molar-refractivity contribution in [2.45, 2.75) is 25.7 Å². The van der Waals surface area contributed by atoms with Crippen molar-refractivity contribution in [1.82, 2.24) is 4.31 Å². The van der Waals surface area contributed by atoms with Crippen LogP contribution in [0, 0.1) is 20.8 Å². The molecule has 0 saturated heterocycles. The molecule has 2 aromatic rings. The molecule has 0 bridgehead atoms. The minimum absolute atomic E-state index is 0.189. The Bertz CT molecular complexity index is 992. The number of benzene rings is 2. The van der Waals surface area contributed by atoms with Gasteiger partial charge in [0, 0.05) is 7.05 Å². The molecule has 0 saturated carbocycles. The molecule has 0 aromatic heterocycles. The topological polar surface area (TPSA) is 92.8 Å². The Labute approximate surface area is 165 Å². The predicted molar refractivity (Wildman–Crippen MR) is 107 cm³/mol. The van der Waals surface area contributed by atoms with E-state index in [9.17, 15) is 18.0 Å². The number of hydrogen-bond donors (Lipinski definition) is 1. The molecular weight excluding hydrogens is 380 g/mol. The highest BCUT2D eigenvalue weighted by atomic mass is 32.2. The third kappa shape index (κ3) is 4.58. The molecule has 1 N–H and O–H groups in total. The second kappa shape index (κ2) is 8.53. The van der Waals surface area contributed by atoms with Gasteiger partial charge in [-0.2, -0.15) is 4.31 Å². The van der Waals surface area contributed by atoms with Gasteiger partial charge in [-0.3, -0.25) is 4.79 Å². The molecule has 28 heavy (non-hydrogen) atoms. The zero-order valence-corrected chi connectivity index (χ0v) is 17.4. The number of carbonyl (C=O) groups is 2. The molecule has 1 amide bonds. The number of esters is 1. The van der Waals surface area contributed by atoms with Crippen LogP contribution in [0.3, 0.4) is 0 Å². The van der Waals surface area contributed by atoms with Crippen LogP contribution in [0.4, 0.5) is 5.69 Å². The number of nitrogens with one attached hydrogen (secondary N) is 1. The minimum Gasteiger partial charge on any atom is -0.465 e. The van der Waals surface area contributed by atoms with Crippen LogP contribution < -0.4 is 5.32 Å². The van der Waals surface area contributed by atoms with Crippen molar-refractivity contribution in [2.75, 3.05) is 26.0 Å². The molecule has 0 aliphatic carbocycles. The van der Waals surface area contributed by atoms with E-state index >= 15 is 0 Å². The van der Waals surface area contributed by atoms with Crippen molar-refractivity contribution in [3.63, 3.8) is 0 Å². The Kier molecular flexibility index (Phi) is 6.58. The summed E-state index contributed by atoms with van der Waals surface area (Å²) in [4.78, 5) is 24.4. The van der Waals surface area contributed by atoms with Gasteiger partial charge in [0.15, 0.2) is 0 Å². The van der Waals surface area contributed by atoms with Gasteiger partial charge in [0.25, 0.3) is 0 Å². The Morgan fingerprint density at radius 1 is 1.07 bits per heavy atom. The maximum atomic E-state index is 13.0. The molecule has 2 rings (SSSR count). The zero-order chi connectivity index (χ0) is 21.1. The summed E-state index contributed by atoms with van der Waals surface area (Å²) in [5.74, 6) is -1.16. The molecule has 7 nitrogen and oxygen atoms in total. The standard InChI is InChI=1S/C20H24N2O5S/c1-13-10-14(2)19(15(3)11-13)28(25,26)22(4)12-18(23)21-17-9-7-6-8-16(17)20(24)27-5/h6-11H,12H2,1-5H3,(H,21,23). The number of ether oxygens (including phenoxy) is 1. The van der Waals surface area contributed by atoms with E-state index in [1.807, 2.05) is 6.92 Å². The molecule has 0 aliphatic heterocycles. The Morgan fingerprint density at radius 2 is 1.64 bits per heavy atom. The monoisotopic (exact) mass is 404 g/mol. The van der Waals surface area contributed by atoms with E-state index in [1.165, 1.54) is 20.2 Å². The van der Waals surface area contributed by atoms with E-state index in [4.69, 9.17) is 4.74 Å². The summed E-state index contributed by atoms with van der Waals surface area (Å²) < 4.78 is 31.6.